The van der Waals surface area contributed by atoms with Crippen LogP contribution in [0.2, 0.25) is 0 Å². The first-order valence-electron chi connectivity index (χ1n) is 7.70. The summed E-state index contributed by atoms with van der Waals surface area (Å²) in [6, 6.07) is 6.44. The van der Waals surface area contributed by atoms with Crippen LogP contribution in [0.4, 0.5) is 0 Å². The molecule has 0 spiro atoms. The van der Waals surface area contributed by atoms with Crippen LogP contribution in [0.5, 0.6) is 0 Å². The zero-order valence-corrected chi connectivity index (χ0v) is 14.2. The number of aryl methyl sites for hydroxylation is 2. The summed E-state index contributed by atoms with van der Waals surface area (Å²) in [5.41, 5.74) is 6.30. The number of thiazole rings is 1. The standard InChI is InChI=1S/C19H19NOS/c1-10-7-13(4)14-9-16(21-15(14)8-10)19-20-17-11(2)5-6-12(3)18(17)22-19/h7-9H,5-6H2,1-4H3. The van der Waals surface area contributed by atoms with Crippen LogP contribution in [0.25, 0.3) is 32.9 Å². The third-order valence-electron chi connectivity index (χ3n) is 4.49. The molecule has 3 aromatic rings. The zero-order chi connectivity index (χ0) is 15.4. The van der Waals surface area contributed by atoms with Crippen LogP contribution in [0.15, 0.2) is 22.6 Å². The summed E-state index contributed by atoms with van der Waals surface area (Å²) in [4.78, 5) is 4.87. The monoisotopic (exact) mass is 309 g/mol. The Morgan fingerprint density at radius 1 is 1.00 bits per heavy atom. The van der Waals surface area contributed by atoms with Crippen LogP contribution in [0.1, 0.15) is 37.8 Å². The summed E-state index contributed by atoms with van der Waals surface area (Å²) < 4.78 is 7.43. The highest BCUT2D eigenvalue weighted by Crippen LogP contribution is 2.31. The lowest BCUT2D eigenvalue weighted by atomic mass is 10.0. The zero-order valence-electron chi connectivity index (χ0n) is 13.4. The molecule has 0 N–H and O–H groups in total. The fourth-order valence-corrected chi connectivity index (χ4v) is 4.33. The van der Waals surface area contributed by atoms with Crippen molar-refractivity contribution in [1.29, 1.82) is 0 Å². The minimum absolute atomic E-state index is 0.892. The van der Waals surface area contributed by atoms with Crippen molar-refractivity contribution in [2.24, 2.45) is 0 Å². The Bertz CT molecular complexity index is 980. The summed E-state index contributed by atoms with van der Waals surface area (Å²) in [6.45, 7) is 8.66. The molecule has 22 heavy (non-hydrogen) atoms. The van der Waals surface area contributed by atoms with Crippen molar-refractivity contribution in [2.75, 3.05) is 0 Å². The maximum absolute atomic E-state index is 6.09. The first-order chi connectivity index (χ1) is 10.5. The van der Waals surface area contributed by atoms with Gasteiger partial charge in [-0.15, -0.1) is 11.3 Å². The third kappa shape index (κ3) is 2.03. The van der Waals surface area contributed by atoms with E-state index < -0.39 is 0 Å². The van der Waals surface area contributed by atoms with Gasteiger partial charge in [-0.05, 0) is 69.4 Å². The van der Waals surface area contributed by atoms with Crippen molar-refractivity contribution >= 4 is 33.5 Å². The van der Waals surface area contributed by atoms with Crippen LogP contribution in [-0.4, -0.2) is 4.98 Å². The Morgan fingerprint density at radius 3 is 2.55 bits per heavy atom. The molecule has 1 aliphatic carbocycles. The van der Waals surface area contributed by atoms with Crippen LogP contribution in [0, 0.1) is 13.8 Å². The number of hydrogen-bond acceptors (Lipinski definition) is 3. The topological polar surface area (TPSA) is 26.0 Å². The fraction of sp³-hybridized carbons (Fsp3) is 0.316. The molecule has 0 aliphatic heterocycles. The van der Waals surface area contributed by atoms with Crippen molar-refractivity contribution in [2.45, 2.75) is 40.5 Å². The van der Waals surface area contributed by atoms with Gasteiger partial charge in [-0.2, -0.15) is 0 Å². The molecule has 1 aromatic carbocycles. The molecular weight excluding hydrogens is 290 g/mol. The van der Waals surface area contributed by atoms with E-state index in [1.165, 1.54) is 37.5 Å². The molecule has 0 bridgehead atoms. The summed E-state index contributed by atoms with van der Waals surface area (Å²) >= 11 is 1.76. The third-order valence-corrected chi connectivity index (χ3v) is 5.73. The van der Waals surface area contributed by atoms with E-state index in [1.54, 1.807) is 11.3 Å². The Labute approximate surface area is 133 Å². The van der Waals surface area contributed by atoms with E-state index in [1.807, 2.05) is 0 Å². The van der Waals surface area contributed by atoms with Crippen molar-refractivity contribution in [3.8, 4) is 10.8 Å². The normalized spacial score (nSPS) is 14.7. The lowest BCUT2D eigenvalue weighted by Gasteiger charge is -2.05. The molecule has 1 aliphatic rings. The van der Waals surface area contributed by atoms with Crippen molar-refractivity contribution in [1.82, 2.24) is 4.98 Å². The molecule has 0 fully saturated rings. The number of furan rings is 1. The van der Waals surface area contributed by atoms with Gasteiger partial charge in [-0.25, -0.2) is 4.98 Å². The van der Waals surface area contributed by atoms with Crippen LogP contribution in [-0.2, 0) is 0 Å². The van der Waals surface area contributed by atoms with Crippen molar-refractivity contribution < 1.29 is 4.42 Å². The molecule has 0 radical (unpaired) electrons. The Kier molecular flexibility index (Phi) is 3.01. The molecule has 0 saturated heterocycles. The van der Waals surface area contributed by atoms with Gasteiger partial charge in [-0.3, -0.25) is 0 Å². The largest absolute Gasteiger partial charge is 0.454 e. The average Bonchev–Trinajstić information content (AvgIpc) is 3.07. The lowest BCUT2D eigenvalue weighted by Crippen LogP contribution is -2.28. The van der Waals surface area contributed by atoms with Gasteiger partial charge in [0.2, 0.25) is 0 Å². The van der Waals surface area contributed by atoms with E-state index in [2.05, 4.69) is 45.9 Å². The average molecular weight is 309 g/mol. The van der Waals surface area contributed by atoms with Crippen LogP contribution < -0.4 is 9.88 Å². The smallest absolute Gasteiger partial charge is 0.164 e. The van der Waals surface area contributed by atoms with Gasteiger partial charge in [0.25, 0.3) is 0 Å². The molecule has 0 amide bonds. The van der Waals surface area contributed by atoms with Gasteiger partial charge in [0.1, 0.15) is 5.58 Å². The number of fused-ring (bicyclic) bond motifs is 2. The highest BCUT2D eigenvalue weighted by molar-refractivity contribution is 7.13. The molecule has 3 heteroatoms. The summed E-state index contributed by atoms with van der Waals surface area (Å²) in [5.74, 6) is 0.892. The first kappa shape index (κ1) is 13.8. The van der Waals surface area contributed by atoms with Gasteiger partial charge in [0.05, 0.1) is 9.88 Å². The highest BCUT2D eigenvalue weighted by atomic mass is 32.1. The molecule has 2 heterocycles. The Hall–Kier alpha value is -1.87. The predicted molar refractivity (Wildman–Crippen MR) is 93.4 cm³/mol. The number of hydrogen-bond donors (Lipinski definition) is 0. The highest BCUT2D eigenvalue weighted by Gasteiger charge is 2.15. The first-order valence-corrected chi connectivity index (χ1v) is 8.52. The predicted octanol–water partition coefficient (Wildman–Crippen LogP) is 4.31. The Morgan fingerprint density at radius 2 is 1.77 bits per heavy atom. The lowest BCUT2D eigenvalue weighted by molar-refractivity contribution is 0.630. The van der Waals surface area contributed by atoms with Gasteiger partial charge >= 0.3 is 0 Å². The van der Waals surface area contributed by atoms with E-state index in [0.717, 1.165) is 29.2 Å². The van der Waals surface area contributed by atoms with Gasteiger partial charge in [-0.1, -0.05) is 11.6 Å². The number of rotatable bonds is 1. The molecular formula is C19H19NOS. The molecule has 4 rings (SSSR count). The molecule has 0 saturated carbocycles. The van der Waals surface area contributed by atoms with Crippen molar-refractivity contribution in [3.63, 3.8) is 0 Å². The number of benzene rings is 1. The number of nitrogens with zero attached hydrogens (tertiary/aromatic N) is 1. The van der Waals surface area contributed by atoms with E-state index in [9.17, 15) is 0 Å². The minimum atomic E-state index is 0.892. The maximum Gasteiger partial charge on any atom is 0.164 e. The quantitative estimate of drug-likeness (QED) is 0.669. The van der Waals surface area contributed by atoms with Gasteiger partial charge < -0.3 is 4.42 Å². The maximum atomic E-state index is 6.09. The van der Waals surface area contributed by atoms with Crippen LogP contribution in [0.3, 0.4) is 0 Å². The molecule has 2 nitrogen and oxygen atoms in total. The second kappa shape index (κ2) is 4.82. The second-order valence-electron chi connectivity index (χ2n) is 6.36. The summed E-state index contributed by atoms with van der Waals surface area (Å²) in [6.07, 6.45) is 2.28. The van der Waals surface area contributed by atoms with Crippen molar-refractivity contribution in [3.05, 3.63) is 39.2 Å². The number of aromatic nitrogens is 1. The van der Waals surface area contributed by atoms with Crippen LogP contribution >= 0.6 is 11.3 Å². The van der Waals surface area contributed by atoms with E-state index >= 15 is 0 Å². The molecule has 2 aromatic heterocycles. The fourth-order valence-electron chi connectivity index (χ4n) is 3.20. The molecule has 0 atom stereocenters. The van der Waals surface area contributed by atoms with E-state index in [0.29, 0.717) is 0 Å². The molecule has 0 unspecified atom stereocenters. The summed E-state index contributed by atoms with van der Waals surface area (Å²) in [7, 11) is 0. The van der Waals surface area contributed by atoms with E-state index in [-0.39, 0.29) is 0 Å². The Balaban J connectivity index is 1.98. The van der Waals surface area contributed by atoms with Gasteiger partial charge in [0, 0.05) is 5.39 Å². The minimum Gasteiger partial charge on any atom is -0.454 e. The van der Waals surface area contributed by atoms with Gasteiger partial charge in [0.15, 0.2) is 10.8 Å². The second-order valence-corrected chi connectivity index (χ2v) is 7.36. The summed E-state index contributed by atoms with van der Waals surface area (Å²) in [5, 5.41) is 3.37. The molecule has 112 valence electrons. The van der Waals surface area contributed by atoms with E-state index in [4.69, 9.17) is 9.40 Å². The SMILES string of the molecule is CC1=c2nc(-c3cc4c(C)cc(C)cc4o3)sc2=C(C)CC1.